The number of benzene rings is 3. The lowest BCUT2D eigenvalue weighted by atomic mass is 10.1. The van der Waals surface area contributed by atoms with Crippen LogP contribution in [0.15, 0.2) is 75.0 Å². The molecule has 0 aliphatic carbocycles. The third-order valence-electron chi connectivity index (χ3n) is 4.63. The van der Waals surface area contributed by atoms with E-state index in [1.807, 2.05) is 13.0 Å². The highest BCUT2D eigenvalue weighted by Gasteiger charge is 2.24. The van der Waals surface area contributed by atoms with Gasteiger partial charge in [-0.15, -0.1) is 0 Å². The van der Waals surface area contributed by atoms with Crippen LogP contribution in [0.5, 0.6) is 11.5 Å². The smallest absolute Gasteiger partial charge is 0.264 e. The standard InChI is InChI=1S/C25H19BrF2N2O3S/c1-2-32-21-12-16(11-20(26)23(21)33-14-15-3-5-17(27)6-4-15)13-22-24(31)30-25(34-22)29-19-9-7-18(28)8-10-19/h3-13H,2,14H2,1H3,(H,29,30,31)/b22-13+. The third-order valence-corrected chi connectivity index (χ3v) is 6.13. The van der Waals surface area contributed by atoms with Gasteiger partial charge in [0.1, 0.15) is 18.2 Å². The van der Waals surface area contributed by atoms with Gasteiger partial charge in [-0.25, -0.2) is 13.8 Å². The van der Waals surface area contributed by atoms with Gasteiger partial charge < -0.3 is 14.8 Å². The van der Waals surface area contributed by atoms with Gasteiger partial charge in [0.15, 0.2) is 16.7 Å². The zero-order valence-corrected chi connectivity index (χ0v) is 20.4. The van der Waals surface area contributed by atoms with E-state index in [2.05, 4.69) is 26.2 Å². The molecule has 1 N–H and O–H groups in total. The van der Waals surface area contributed by atoms with Crippen molar-refractivity contribution in [2.75, 3.05) is 6.61 Å². The molecule has 0 unspecified atom stereocenters. The van der Waals surface area contributed by atoms with Crippen LogP contribution < -0.4 is 14.8 Å². The van der Waals surface area contributed by atoms with E-state index in [0.717, 1.165) is 11.1 Å². The average molecular weight is 545 g/mol. The molecule has 4 rings (SSSR count). The Balaban J connectivity index is 1.54. The third kappa shape index (κ3) is 6.03. The van der Waals surface area contributed by atoms with Crippen molar-refractivity contribution < 1.29 is 23.0 Å². The Kier molecular flexibility index (Phi) is 7.64. The zero-order chi connectivity index (χ0) is 24.1. The summed E-state index contributed by atoms with van der Waals surface area (Å²) in [5.74, 6) is 0.0758. The van der Waals surface area contributed by atoms with Crippen LogP contribution in [0.3, 0.4) is 0 Å². The second-order valence-corrected chi connectivity index (χ2v) is 9.02. The lowest BCUT2D eigenvalue weighted by molar-refractivity contribution is -0.115. The summed E-state index contributed by atoms with van der Waals surface area (Å²) in [7, 11) is 0. The number of hydrogen-bond acceptors (Lipinski definition) is 5. The van der Waals surface area contributed by atoms with Gasteiger partial charge >= 0.3 is 0 Å². The van der Waals surface area contributed by atoms with Crippen molar-refractivity contribution in [2.45, 2.75) is 13.5 Å². The number of halogens is 3. The molecule has 1 aliphatic rings. The first-order chi connectivity index (χ1) is 16.4. The molecule has 0 saturated carbocycles. The van der Waals surface area contributed by atoms with Crippen molar-refractivity contribution in [1.29, 1.82) is 0 Å². The first-order valence-electron chi connectivity index (χ1n) is 10.3. The Bertz CT molecular complexity index is 1260. The molecule has 1 amide bonds. The van der Waals surface area contributed by atoms with Crippen LogP contribution in [0.25, 0.3) is 6.08 Å². The van der Waals surface area contributed by atoms with Crippen LogP contribution in [0.1, 0.15) is 18.1 Å². The van der Waals surface area contributed by atoms with Gasteiger partial charge in [0.05, 0.1) is 21.7 Å². The molecule has 1 fully saturated rings. The molecule has 1 heterocycles. The minimum atomic E-state index is -0.353. The number of carbonyl (C=O) groups excluding carboxylic acids is 1. The Hall–Kier alpha value is -3.17. The summed E-state index contributed by atoms with van der Waals surface area (Å²) in [5.41, 5.74) is 2.08. The van der Waals surface area contributed by atoms with Crippen LogP contribution in [-0.4, -0.2) is 17.7 Å². The van der Waals surface area contributed by atoms with Crippen molar-refractivity contribution in [2.24, 2.45) is 4.99 Å². The summed E-state index contributed by atoms with van der Waals surface area (Å²) in [5, 5.41) is 3.12. The maximum atomic E-state index is 13.1. The molecule has 5 nitrogen and oxygen atoms in total. The van der Waals surface area contributed by atoms with Gasteiger partial charge in [0.2, 0.25) is 0 Å². The quantitative estimate of drug-likeness (QED) is 0.340. The minimum absolute atomic E-state index is 0.237. The summed E-state index contributed by atoms with van der Waals surface area (Å²) < 4.78 is 38.6. The lowest BCUT2D eigenvalue weighted by Gasteiger charge is -2.15. The number of hydrogen-bond donors (Lipinski definition) is 1. The highest BCUT2D eigenvalue weighted by atomic mass is 79.9. The number of thioether (sulfide) groups is 1. The Morgan fingerprint density at radius 2 is 1.71 bits per heavy atom. The minimum Gasteiger partial charge on any atom is -0.490 e. The predicted octanol–water partition coefficient (Wildman–Crippen LogP) is 6.60. The van der Waals surface area contributed by atoms with Crippen LogP contribution in [0.4, 0.5) is 14.5 Å². The van der Waals surface area contributed by atoms with Crippen molar-refractivity contribution in [1.82, 2.24) is 5.32 Å². The summed E-state index contributed by atoms with van der Waals surface area (Å²) in [4.78, 5) is 17.2. The van der Waals surface area contributed by atoms with Gasteiger partial charge in [-0.2, -0.15) is 0 Å². The second-order valence-electron chi connectivity index (χ2n) is 7.14. The SMILES string of the molecule is CCOc1cc(/C=C2/SC(=Nc3ccc(F)cc3)NC2=O)cc(Br)c1OCc1ccc(F)cc1. The molecule has 3 aromatic rings. The summed E-state index contributed by atoms with van der Waals surface area (Å²) in [6.07, 6.45) is 1.73. The van der Waals surface area contributed by atoms with Gasteiger partial charge in [-0.3, -0.25) is 4.79 Å². The molecule has 0 atom stereocenters. The van der Waals surface area contributed by atoms with Gasteiger partial charge in [-0.05, 0) is 100 Å². The number of amidine groups is 1. The fraction of sp³-hybridized carbons (Fsp3) is 0.120. The summed E-state index contributed by atoms with van der Waals surface area (Å²) in [6, 6.07) is 15.4. The molecular weight excluding hydrogens is 526 g/mol. The van der Waals surface area contributed by atoms with E-state index >= 15 is 0 Å². The van der Waals surface area contributed by atoms with Crippen LogP contribution in [0, 0.1) is 11.6 Å². The average Bonchev–Trinajstić information content (AvgIpc) is 3.14. The number of amides is 1. The lowest BCUT2D eigenvalue weighted by Crippen LogP contribution is -2.19. The van der Waals surface area contributed by atoms with E-state index in [4.69, 9.17) is 9.47 Å². The molecule has 1 aliphatic heterocycles. The van der Waals surface area contributed by atoms with Crippen molar-refractivity contribution in [3.63, 3.8) is 0 Å². The number of nitrogens with zero attached hydrogens (tertiary/aromatic N) is 1. The fourth-order valence-electron chi connectivity index (χ4n) is 3.08. The van der Waals surface area contributed by atoms with E-state index in [-0.39, 0.29) is 24.1 Å². The number of aliphatic imine (C=N–C) groups is 1. The first kappa shape index (κ1) is 24.0. The Morgan fingerprint density at radius 3 is 2.38 bits per heavy atom. The molecule has 0 spiro atoms. The van der Waals surface area contributed by atoms with Gasteiger partial charge in [-0.1, -0.05) is 12.1 Å². The molecular formula is C25H19BrF2N2O3S. The van der Waals surface area contributed by atoms with Crippen LogP contribution >= 0.6 is 27.7 Å². The maximum Gasteiger partial charge on any atom is 0.264 e. The number of nitrogens with one attached hydrogen (secondary N) is 1. The molecule has 9 heteroatoms. The van der Waals surface area contributed by atoms with Gasteiger partial charge in [0, 0.05) is 0 Å². The van der Waals surface area contributed by atoms with E-state index < -0.39 is 0 Å². The van der Waals surface area contributed by atoms with Gasteiger partial charge in [0.25, 0.3) is 5.91 Å². The highest BCUT2D eigenvalue weighted by Crippen LogP contribution is 2.39. The monoisotopic (exact) mass is 544 g/mol. The van der Waals surface area contributed by atoms with Crippen LogP contribution in [0.2, 0.25) is 0 Å². The van der Waals surface area contributed by atoms with Crippen LogP contribution in [-0.2, 0) is 11.4 Å². The molecule has 0 bridgehead atoms. The van der Waals surface area contributed by atoms with E-state index in [9.17, 15) is 13.6 Å². The zero-order valence-electron chi connectivity index (χ0n) is 18.0. The summed E-state index contributed by atoms with van der Waals surface area (Å²) in [6.45, 7) is 2.52. The molecule has 0 aromatic heterocycles. The molecule has 1 saturated heterocycles. The Labute approximate surface area is 208 Å². The number of carbonyl (C=O) groups is 1. The molecule has 3 aromatic carbocycles. The highest BCUT2D eigenvalue weighted by molar-refractivity contribution is 9.10. The van der Waals surface area contributed by atoms with E-state index in [1.54, 1.807) is 24.3 Å². The second kappa shape index (κ2) is 10.8. The summed E-state index contributed by atoms with van der Waals surface area (Å²) >= 11 is 4.71. The number of rotatable bonds is 7. The van der Waals surface area contributed by atoms with E-state index in [1.165, 1.54) is 48.2 Å². The maximum absolute atomic E-state index is 13.1. The molecule has 174 valence electrons. The topological polar surface area (TPSA) is 59.9 Å². The van der Waals surface area contributed by atoms with Crippen molar-refractivity contribution >= 4 is 50.5 Å². The number of ether oxygens (including phenoxy) is 2. The first-order valence-corrected chi connectivity index (χ1v) is 11.9. The van der Waals surface area contributed by atoms with E-state index in [0.29, 0.717) is 38.3 Å². The molecule has 34 heavy (non-hydrogen) atoms. The predicted molar refractivity (Wildman–Crippen MR) is 133 cm³/mol. The largest absolute Gasteiger partial charge is 0.490 e. The van der Waals surface area contributed by atoms with Crippen molar-refractivity contribution in [3.05, 3.63) is 92.8 Å². The van der Waals surface area contributed by atoms with Crippen molar-refractivity contribution in [3.8, 4) is 11.5 Å². The Morgan fingerprint density at radius 1 is 1.03 bits per heavy atom. The normalized spacial score (nSPS) is 15.6. The fourth-order valence-corrected chi connectivity index (χ4v) is 4.49. The molecule has 0 radical (unpaired) electrons.